The van der Waals surface area contributed by atoms with Crippen LogP contribution in [-0.4, -0.2) is 11.5 Å². The zero-order chi connectivity index (χ0) is 16.9. The molecule has 0 aliphatic heterocycles. The number of halogens is 1. The van der Waals surface area contributed by atoms with Crippen LogP contribution in [0.25, 0.3) is 11.1 Å². The summed E-state index contributed by atoms with van der Waals surface area (Å²) >= 11 is 6.08. The summed E-state index contributed by atoms with van der Waals surface area (Å²) in [4.78, 5) is 4.44. The largest absolute Gasteiger partial charge is 0.282 e. The van der Waals surface area contributed by atoms with Gasteiger partial charge in [0.15, 0.2) is 5.84 Å². The van der Waals surface area contributed by atoms with Gasteiger partial charge in [-0.25, -0.2) is 4.99 Å². The van der Waals surface area contributed by atoms with Crippen LogP contribution in [0.4, 0.5) is 0 Å². The number of amidine groups is 1. The first-order valence-electron chi connectivity index (χ1n) is 7.69. The molecule has 0 saturated heterocycles. The summed E-state index contributed by atoms with van der Waals surface area (Å²) in [5.74, 6) is 0.265. The molecule has 0 aliphatic rings. The highest BCUT2D eigenvalue weighted by Crippen LogP contribution is 2.23. The van der Waals surface area contributed by atoms with E-state index < -0.39 is 0 Å². The minimum atomic E-state index is 0.265. The number of hydrogen-bond acceptors (Lipinski definition) is 1. The van der Waals surface area contributed by atoms with E-state index in [4.69, 9.17) is 17.0 Å². The lowest BCUT2D eigenvalue weighted by atomic mass is 10.0. The average molecular weight is 333 g/mol. The van der Waals surface area contributed by atoms with Crippen molar-refractivity contribution in [1.82, 2.24) is 0 Å². The molecule has 1 N–H and O–H groups in total. The number of hydrogen-bond donors (Lipinski definition) is 1. The van der Waals surface area contributed by atoms with Crippen LogP contribution in [0, 0.1) is 5.41 Å². The first-order chi connectivity index (χ1) is 11.6. The lowest BCUT2D eigenvalue weighted by molar-refractivity contribution is 1.40. The van der Waals surface area contributed by atoms with E-state index in [0.717, 1.165) is 28.0 Å². The van der Waals surface area contributed by atoms with Crippen molar-refractivity contribution < 1.29 is 0 Å². The van der Waals surface area contributed by atoms with E-state index in [2.05, 4.69) is 11.1 Å². The fraction of sp³-hybridized carbons (Fsp3) is 0.0476. The second-order valence-electron chi connectivity index (χ2n) is 5.50. The molecule has 0 amide bonds. The molecule has 3 aromatic carbocycles. The zero-order valence-corrected chi connectivity index (χ0v) is 14.1. The van der Waals surface area contributed by atoms with Crippen LogP contribution in [0.2, 0.25) is 5.02 Å². The standard InChI is InChI=1S/C21H17ClN2/c1-15(24-21(23)16-7-3-2-4-8-16)17-9-5-10-18(13-17)19-11-6-12-20(22)14-19/h2-14,23H,1H3/b23-21?,24-15+. The fourth-order valence-electron chi connectivity index (χ4n) is 2.48. The maximum atomic E-state index is 8.15. The zero-order valence-electron chi connectivity index (χ0n) is 13.3. The number of aliphatic imine (C=N–C) groups is 1. The van der Waals surface area contributed by atoms with Gasteiger partial charge in [-0.05, 0) is 41.8 Å². The smallest absolute Gasteiger partial charge is 0.152 e. The van der Waals surface area contributed by atoms with Gasteiger partial charge in [0.05, 0.1) is 0 Å². The number of rotatable bonds is 3. The molecule has 2 nitrogen and oxygen atoms in total. The third-order valence-corrected chi connectivity index (χ3v) is 4.00. The van der Waals surface area contributed by atoms with E-state index in [-0.39, 0.29) is 5.84 Å². The van der Waals surface area contributed by atoms with E-state index in [9.17, 15) is 0 Å². The van der Waals surface area contributed by atoms with Crippen LogP contribution in [-0.2, 0) is 0 Å². The van der Waals surface area contributed by atoms with Crippen LogP contribution in [0.15, 0.2) is 83.9 Å². The SMILES string of the molecule is C/C(=N\C(=N)c1ccccc1)c1cccc(-c2cccc(Cl)c2)c1. The first-order valence-corrected chi connectivity index (χ1v) is 8.07. The molecule has 3 heteroatoms. The maximum absolute atomic E-state index is 8.15. The lowest BCUT2D eigenvalue weighted by Gasteiger charge is -2.07. The average Bonchev–Trinajstić information content (AvgIpc) is 2.62. The minimum absolute atomic E-state index is 0.265. The Balaban J connectivity index is 1.91. The Morgan fingerprint density at radius 1 is 0.792 bits per heavy atom. The van der Waals surface area contributed by atoms with Gasteiger partial charge in [0.2, 0.25) is 0 Å². The summed E-state index contributed by atoms with van der Waals surface area (Å²) in [7, 11) is 0. The van der Waals surface area contributed by atoms with Crippen molar-refractivity contribution >= 4 is 23.1 Å². The summed E-state index contributed by atoms with van der Waals surface area (Å²) in [6, 6.07) is 25.4. The van der Waals surface area contributed by atoms with E-state index in [1.54, 1.807) is 0 Å². The van der Waals surface area contributed by atoms with E-state index >= 15 is 0 Å². The second kappa shape index (κ2) is 7.24. The molecule has 0 unspecified atom stereocenters. The van der Waals surface area contributed by atoms with Crippen molar-refractivity contribution in [2.45, 2.75) is 6.92 Å². The summed E-state index contributed by atoms with van der Waals surface area (Å²) in [6.07, 6.45) is 0. The van der Waals surface area contributed by atoms with Gasteiger partial charge in [0, 0.05) is 16.3 Å². The lowest BCUT2D eigenvalue weighted by Crippen LogP contribution is -2.02. The first kappa shape index (κ1) is 16.2. The number of nitrogens with zero attached hydrogens (tertiary/aromatic N) is 1. The summed E-state index contributed by atoms with van der Waals surface area (Å²) in [6.45, 7) is 1.93. The predicted molar refractivity (Wildman–Crippen MR) is 102 cm³/mol. The monoisotopic (exact) mass is 332 g/mol. The normalized spacial score (nSPS) is 11.3. The molecule has 0 spiro atoms. The highest BCUT2D eigenvalue weighted by molar-refractivity contribution is 6.30. The quantitative estimate of drug-likeness (QED) is 0.462. The van der Waals surface area contributed by atoms with Gasteiger partial charge in [0.25, 0.3) is 0 Å². The Kier molecular flexibility index (Phi) is 4.88. The Morgan fingerprint density at radius 2 is 1.42 bits per heavy atom. The molecule has 0 heterocycles. The van der Waals surface area contributed by atoms with Crippen molar-refractivity contribution in [3.63, 3.8) is 0 Å². The van der Waals surface area contributed by atoms with Crippen LogP contribution < -0.4 is 0 Å². The highest BCUT2D eigenvalue weighted by atomic mass is 35.5. The number of benzene rings is 3. The van der Waals surface area contributed by atoms with Crippen molar-refractivity contribution in [3.8, 4) is 11.1 Å². The predicted octanol–water partition coefficient (Wildman–Crippen LogP) is 5.84. The van der Waals surface area contributed by atoms with Crippen molar-refractivity contribution in [2.75, 3.05) is 0 Å². The van der Waals surface area contributed by atoms with Crippen LogP contribution in [0.1, 0.15) is 18.1 Å². The molecule has 24 heavy (non-hydrogen) atoms. The molecule has 0 saturated carbocycles. The van der Waals surface area contributed by atoms with Crippen LogP contribution >= 0.6 is 11.6 Å². The van der Waals surface area contributed by atoms with Gasteiger partial charge >= 0.3 is 0 Å². The molecule has 3 aromatic rings. The van der Waals surface area contributed by atoms with Gasteiger partial charge in [-0.15, -0.1) is 0 Å². The molecular weight excluding hydrogens is 316 g/mol. The Labute approximate surface area is 147 Å². The van der Waals surface area contributed by atoms with E-state index in [1.165, 1.54) is 0 Å². The molecule has 0 atom stereocenters. The Bertz CT molecular complexity index is 898. The molecule has 118 valence electrons. The molecule has 0 radical (unpaired) electrons. The third-order valence-electron chi connectivity index (χ3n) is 3.77. The van der Waals surface area contributed by atoms with Gasteiger partial charge in [-0.2, -0.15) is 0 Å². The van der Waals surface area contributed by atoms with Crippen LogP contribution in [0.3, 0.4) is 0 Å². The Hall–Kier alpha value is -2.71. The second-order valence-corrected chi connectivity index (χ2v) is 5.94. The van der Waals surface area contributed by atoms with Crippen molar-refractivity contribution in [3.05, 3.63) is 95.0 Å². The fourth-order valence-corrected chi connectivity index (χ4v) is 2.67. The molecule has 0 aromatic heterocycles. The van der Waals surface area contributed by atoms with Crippen LogP contribution in [0.5, 0.6) is 0 Å². The molecular formula is C21H17ClN2. The van der Waals surface area contributed by atoms with Gasteiger partial charge in [-0.1, -0.05) is 72.3 Å². The van der Waals surface area contributed by atoms with Gasteiger partial charge in [-0.3, -0.25) is 5.41 Å². The molecule has 0 aliphatic carbocycles. The topological polar surface area (TPSA) is 36.2 Å². The summed E-state index contributed by atoms with van der Waals surface area (Å²) < 4.78 is 0. The highest BCUT2D eigenvalue weighted by Gasteiger charge is 2.05. The van der Waals surface area contributed by atoms with Gasteiger partial charge in [0.1, 0.15) is 0 Å². The maximum Gasteiger partial charge on any atom is 0.152 e. The van der Waals surface area contributed by atoms with Crippen molar-refractivity contribution in [1.29, 1.82) is 5.41 Å². The Morgan fingerprint density at radius 3 is 2.12 bits per heavy atom. The minimum Gasteiger partial charge on any atom is -0.282 e. The molecule has 0 fully saturated rings. The number of nitrogens with one attached hydrogen (secondary N) is 1. The third kappa shape index (κ3) is 3.79. The van der Waals surface area contributed by atoms with E-state index in [0.29, 0.717) is 5.02 Å². The van der Waals surface area contributed by atoms with E-state index in [1.807, 2.05) is 79.7 Å². The molecule has 0 bridgehead atoms. The summed E-state index contributed by atoms with van der Waals surface area (Å²) in [5, 5.41) is 8.87. The van der Waals surface area contributed by atoms with Crippen molar-refractivity contribution in [2.24, 2.45) is 4.99 Å². The summed E-state index contributed by atoms with van der Waals surface area (Å²) in [5.41, 5.74) is 4.76. The van der Waals surface area contributed by atoms with Gasteiger partial charge < -0.3 is 0 Å². The molecule has 3 rings (SSSR count).